The van der Waals surface area contributed by atoms with Gasteiger partial charge in [0.1, 0.15) is 12.1 Å². The lowest BCUT2D eigenvalue weighted by atomic mass is 10.2. The average molecular weight is 358 g/mol. The predicted molar refractivity (Wildman–Crippen MR) is 83.2 cm³/mol. The zero-order valence-corrected chi connectivity index (χ0v) is 13.7. The molecule has 0 aliphatic carbocycles. The molecule has 25 heavy (non-hydrogen) atoms. The molecule has 0 radical (unpaired) electrons. The summed E-state index contributed by atoms with van der Waals surface area (Å²) in [6.45, 7) is 1.23. The average Bonchev–Trinajstić information content (AvgIpc) is 3.00. The quantitative estimate of drug-likeness (QED) is 0.315. The summed E-state index contributed by atoms with van der Waals surface area (Å²) in [5, 5.41) is 22.1. The lowest BCUT2D eigenvalue weighted by Crippen LogP contribution is -2.52. The first-order chi connectivity index (χ1) is 11.6. The number of hydrogen-bond donors (Lipinski definition) is 5. The molecular formula is C14H22N4O7. The molecule has 1 rings (SSSR count). The molecule has 0 aromatic heterocycles. The van der Waals surface area contributed by atoms with E-state index in [1.54, 1.807) is 0 Å². The number of amides is 3. The molecule has 1 aliphatic rings. The molecule has 11 heteroatoms. The van der Waals surface area contributed by atoms with Crippen LogP contribution in [0.5, 0.6) is 0 Å². The van der Waals surface area contributed by atoms with Gasteiger partial charge in [-0.05, 0) is 19.8 Å². The molecule has 6 N–H and O–H groups in total. The Morgan fingerprint density at radius 1 is 1.24 bits per heavy atom. The van der Waals surface area contributed by atoms with Gasteiger partial charge in [0, 0.05) is 6.54 Å². The molecule has 1 heterocycles. The fraction of sp³-hybridized carbons (Fsp3) is 0.643. The lowest BCUT2D eigenvalue weighted by Gasteiger charge is -2.25. The summed E-state index contributed by atoms with van der Waals surface area (Å²) in [6.07, 6.45) is 0.355. The monoisotopic (exact) mass is 358 g/mol. The topological polar surface area (TPSA) is 179 Å². The zero-order chi connectivity index (χ0) is 19.1. The van der Waals surface area contributed by atoms with Crippen molar-refractivity contribution in [3.05, 3.63) is 0 Å². The third-order valence-corrected chi connectivity index (χ3v) is 3.72. The molecule has 0 saturated carbocycles. The van der Waals surface area contributed by atoms with Gasteiger partial charge in [0.05, 0.1) is 19.0 Å². The van der Waals surface area contributed by atoms with Crippen LogP contribution in [0.3, 0.4) is 0 Å². The van der Waals surface area contributed by atoms with Gasteiger partial charge in [0.25, 0.3) is 0 Å². The van der Waals surface area contributed by atoms with E-state index < -0.39 is 60.8 Å². The van der Waals surface area contributed by atoms with Crippen LogP contribution in [0.4, 0.5) is 0 Å². The van der Waals surface area contributed by atoms with Crippen LogP contribution in [-0.2, 0) is 24.0 Å². The minimum absolute atomic E-state index is 0.302. The van der Waals surface area contributed by atoms with Crippen molar-refractivity contribution in [3.8, 4) is 0 Å². The summed E-state index contributed by atoms with van der Waals surface area (Å²) in [6, 6.07) is -3.15. The Morgan fingerprint density at radius 3 is 2.44 bits per heavy atom. The van der Waals surface area contributed by atoms with Crippen LogP contribution in [-0.4, -0.2) is 76.0 Å². The number of carboxylic acids is 2. The Bertz CT molecular complexity index is 565. The van der Waals surface area contributed by atoms with Gasteiger partial charge < -0.3 is 31.5 Å². The van der Waals surface area contributed by atoms with Crippen molar-refractivity contribution in [3.63, 3.8) is 0 Å². The van der Waals surface area contributed by atoms with Gasteiger partial charge in [-0.3, -0.25) is 19.2 Å². The smallest absolute Gasteiger partial charge is 0.326 e. The molecule has 1 fully saturated rings. The van der Waals surface area contributed by atoms with Crippen LogP contribution >= 0.6 is 0 Å². The maximum atomic E-state index is 12.2. The summed E-state index contributed by atoms with van der Waals surface area (Å²) in [5.41, 5.74) is 5.34. The van der Waals surface area contributed by atoms with E-state index in [2.05, 4.69) is 10.6 Å². The van der Waals surface area contributed by atoms with E-state index in [0.717, 1.165) is 0 Å². The number of hydrogen-bond acceptors (Lipinski definition) is 6. The van der Waals surface area contributed by atoms with E-state index in [1.807, 2.05) is 0 Å². The van der Waals surface area contributed by atoms with E-state index in [4.69, 9.17) is 15.9 Å². The fourth-order valence-corrected chi connectivity index (χ4v) is 2.47. The van der Waals surface area contributed by atoms with Gasteiger partial charge in [-0.2, -0.15) is 0 Å². The molecule has 0 aromatic rings. The number of nitrogens with one attached hydrogen (secondary N) is 2. The molecule has 1 saturated heterocycles. The first-order valence-corrected chi connectivity index (χ1v) is 7.71. The van der Waals surface area contributed by atoms with Crippen LogP contribution in [0.1, 0.15) is 26.2 Å². The highest BCUT2D eigenvalue weighted by atomic mass is 16.4. The zero-order valence-electron chi connectivity index (χ0n) is 13.7. The number of nitrogens with zero attached hydrogens (tertiary/aromatic N) is 1. The molecule has 0 aromatic carbocycles. The number of nitrogens with two attached hydrogens (primary N) is 1. The Morgan fingerprint density at radius 2 is 1.88 bits per heavy atom. The van der Waals surface area contributed by atoms with Gasteiger partial charge >= 0.3 is 11.9 Å². The van der Waals surface area contributed by atoms with Crippen molar-refractivity contribution in [1.29, 1.82) is 0 Å². The van der Waals surface area contributed by atoms with Crippen LogP contribution < -0.4 is 16.4 Å². The van der Waals surface area contributed by atoms with Gasteiger partial charge in [-0.15, -0.1) is 0 Å². The number of rotatable bonds is 8. The molecule has 3 unspecified atom stereocenters. The first-order valence-electron chi connectivity index (χ1n) is 7.71. The highest BCUT2D eigenvalue weighted by molar-refractivity contribution is 5.93. The number of carbonyl (C=O) groups excluding carboxylic acids is 3. The van der Waals surface area contributed by atoms with E-state index in [1.165, 1.54) is 11.8 Å². The third kappa shape index (κ3) is 6.03. The summed E-state index contributed by atoms with van der Waals surface area (Å²) < 4.78 is 0. The second-order valence-electron chi connectivity index (χ2n) is 5.74. The van der Waals surface area contributed by atoms with Crippen LogP contribution in [0, 0.1) is 0 Å². The Labute approximate surface area is 143 Å². The van der Waals surface area contributed by atoms with E-state index in [9.17, 15) is 24.0 Å². The second-order valence-corrected chi connectivity index (χ2v) is 5.74. The summed E-state index contributed by atoms with van der Waals surface area (Å²) >= 11 is 0. The third-order valence-electron chi connectivity index (χ3n) is 3.72. The van der Waals surface area contributed by atoms with Crippen molar-refractivity contribution in [1.82, 2.24) is 15.5 Å². The van der Waals surface area contributed by atoms with Crippen LogP contribution in [0.15, 0.2) is 0 Å². The Hall–Kier alpha value is -2.69. The molecule has 0 bridgehead atoms. The molecule has 3 amide bonds. The summed E-state index contributed by atoms with van der Waals surface area (Å²) in [5.74, 6) is -4.34. The van der Waals surface area contributed by atoms with Crippen molar-refractivity contribution < 1.29 is 34.2 Å². The SMILES string of the molecule is CC(NC(=O)CNC(=O)C(N)CC(=O)O)C(=O)N1CCCC1C(=O)O. The van der Waals surface area contributed by atoms with E-state index >= 15 is 0 Å². The highest BCUT2D eigenvalue weighted by Crippen LogP contribution is 2.18. The summed E-state index contributed by atoms with van der Waals surface area (Å²) in [7, 11) is 0. The maximum Gasteiger partial charge on any atom is 0.326 e. The molecule has 1 aliphatic heterocycles. The van der Waals surface area contributed by atoms with Crippen molar-refractivity contribution in [2.24, 2.45) is 5.73 Å². The number of carbonyl (C=O) groups is 5. The number of likely N-dealkylation sites (tertiary alicyclic amines) is 1. The van der Waals surface area contributed by atoms with Gasteiger partial charge in [0.15, 0.2) is 0 Å². The Kier molecular flexibility index (Phi) is 7.30. The minimum Gasteiger partial charge on any atom is -0.481 e. The largest absolute Gasteiger partial charge is 0.481 e. The van der Waals surface area contributed by atoms with Crippen molar-refractivity contribution in [2.75, 3.05) is 13.1 Å². The molecular weight excluding hydrogens is 336 g/mol. The van der Waals surface area contributed by atoms with Crippen molar-refractivity contribution in [2.45, 2.75) is 44.3 Å². The normalized spacial score (nSPS) is 19.0. The predicted octanol–water partition coefficient (Wildman–Crippen LogP) is -2.52. The van der Waals surface area contributed by atoms with E-state index in [0.29, 0.717) is 19.4 Å². The van der Waals surface area contributed by atoms with Gasteiger partial charge in [-0.1, -0.05) is 0 Å². The van der Waals surface area contributed by atoms with E-state index in [-0.39, 0.29) is 0 Å². The van der Waals surface area contributed by atoms with Crippen LogP contribution in [0.25, 0.3) is 0 Å². The lowest BCUT2D eigenvalue weighted by molar-refractivity contribution is -0.149. The second kappa shape index (κ2) is 8.97. The number of carboxylic acid groups (broad SMARTS) is 2. The molecule has 11 nitrogen and oxygen atoms in total. The molecule has 140 valence electrons. The van der Waals surface area contributed by atoms with Gasteiger partial charge in [-0.25, -0.2) is 4.79 Å². The first kappa shape index (κ1) is 20.4. The fourth-order valence-electron chi connectivity index (χ4n) is 2.47. The molecule has 3 atom stereocenters. The summed E-state index contributed by atoms with van der Waals surface area (Å²) in [4.78, 5) is 58.3. The highest BCUT2D eigenvalue weighted by Gasteiger charge is 2.36. The standard InChI is InChI=1S/C14H22N4O7/c1-7(13(23)18-4-2-3-9(18)14(24)25)17-10(19)6-16-12(22)8(15)5-11(20)21/h7-9H,2-6,15H2,1H3,(H,16,22)(H,17,19)(H,20,21)(H,24,25). The Balaban J connectivity index is 2.45. The van der Waals surface area contributed by atoms with Crippen LogP contribution in [0.2, 0.25) is 0 Å². The maximum absolute atomic E-state index is 12.2. The van der Waals surface area contributed by atoms with Crippen molar-refractivity contribution >= 4 is 29.7 Å². The van der Waals surface area contributed by atoms with Gasteiger partial charge in [0.2, 0.25) is 17.7 Å². The number of aliphatic carboxylic acids is 2. The minimum atomic E-state index is -1.29. The molecule has 0 spiro atoms.